The molecule has 0 aromatic carbocycles. The molecule has 2 N–H and O–H groups in total. The number of anilines is 3. The van der Waals surface area contributed by atoms with Crippen molar-refractivity contribution in [1.82, 2.24) is 15.1 Å². The monoisotopic (exact) mass is 233 g/mol. The molecule has 0 aliphatic rings. The van der Waals surface area contributed by atoms with Crippen LogP contribution in [0.15, 0.2) is 23.0 Å². The van der Waals surface area contributed by atoms with Crippen molar-refractivity contribution in [2.45, 2.75) is 26.8 Å². The highest BCUT2D eigenvalue weighted by Gasteiger charge is 2.03. The lowest BCUT2D eigenvalue weighted by molar-refractivity contribution is 0.400. The summed E-state index contributed by atoms with van der Waals surface area (Å²) in [5, 5.41) is 10.1. The zero-order chi connectivity index (χ0) is 12.3. The van der Waals surface area contributed by atoms with Crippen LogP contribution < -0.4 is 10.6 Å². The molecule has 0 fully saturated rings. The van der Waals surface area contributed by atoms with Crippen LogP contribution in [-0.2, 0) is 0 Å². The van der Waals surface area contributed by atoms with Gasteiger partial charge in [0, 0.05) is 18.2 Å². The van der Waals surface area contributed by atoms with E-state index < -0.39 is 0 Å². The van der Waals surface area contributed by atoms with Gasteiger partial charge in [-0.05, 0) is 20.8 Å². The first-order chi connectivity index (χ1) is 8.13. The molecule has 0 aliphatic carbocycles. The average molecular weight is 233 g/mol. The molecule has 0 aliphatic heterocycles. The fraction of sp³-hybridized carbons (Fsp3) is 0.364. The zero-order valence-electron chi connectivity index (χ0n) is 10.1. The van der Waals surface area contributed by atoms with Gasteiger partial charge in [0.2, 0.25) is 0 Å². The van der Waals surface area contributed by atoms with Crippen LogP contribution in [0.3, 0.4) is 0 Å². The summed E-state index contributed by atoms with van der Waals surface area (Å²) in [6, 6.07) is 3.95. The minimum atomic E-state index is 0.326. The minimum absolute atomic E-state index is 0.326. The molecule has 6 heteroatoms. The summed E-state index contributed by atoms with van der Waals surface area (Å²) in [5.41, 5.74) is 0. The van der Waals surface area contributed by atoms with Crippen molar-refractivity contribution >= 4 is 17.5 Å². The molecule has 0 amide bonds. The summed E-state index contributed by atoms with van der Waals surface area (Å²) in [6.07, 6.45) is 1.50. The van der Waals surface area contributed by atoms with Crippen molar-refractivity contribution in [3.8, 4) is 0 Å². The van der Waals surface area contributed by atoms with Crippen molar-refractivity contribution < 1.29 is 4.52 Å². The topological polar surface area (TPSA) is 75.9 Å². The average Bonchev–Trinajstić information content (AvgIpc) is 2.63. The maximum Gasteiger partial charge on any atom is 0.175 e. The van der Waals surface area contributed by atoms with Gasteiger partial charge < -0.3 is 15.2 Å². The van der Waals surface area contributed by atoms with E-state index in [1.807, 2.05) is 13.0 Å². The van der Waals surface area contributed by atoms with E-state index in [0.717, 1.165) is 11.6 Å². The highest BCUT2D eigenvalue weighted by atomic mass is 16.5. The molecule has 6 nitrogen and oxygen atoms in total. The largest absolute Gasteiger partial charge is 0.368 e. The van der Waals surface area contributed by atoms with Gasteiger partial charge in [-0.3, -0.25) is 0 Å². The number of aromatic nitrogens is 3. The highest BCUT2D eigenvalue weighted by molar-refractivity contribution is 5.55. The van der Waals surface area contributed by atoms with Gasteiger partial charge in [0.1, 0.15) is 23.7 Å². The smallest absolute Gasteiger partial charge is 0.175 e. The Labute approximate surface area is 99.5 Å². The summed E-state index contributed by atoms with van der Waals surface area (Å²) in [4.78, 5) is 8.23. The van der Waals surface area contributed by atoms with Gasteiger partial charge in [-0.25, -0.2) is 9.97 Å². The second-order valence-electron chi connectivity index (χ2n) is 4.04. The van der Waals surface area contributed by atoms with Gasteiger partial charge in [0.05, 0.1) is 0 Å². The van der Waals surface area contributed by atoms with Gasteiger partial charge in [-0.1, -0.05) is 5.16 Å². The fourth-order valence-electron chi connectivity index (χ4n) is 1.36. The van der Waals surface area contributed by atoms with Crippen LogP contribution in [0.1, 0.15) is 19.6 Å². The van der Waals surface area contributed by atoms with Crippen molar-refractivity contribution in [3.05, 3.63) is 24.2 Å². The molecule has 0 unspecified atom stereocenters. The van der Waals surface area contributed by atoms with Crippen molar-refractivity contribution in [1.29, 1.82) is 0 Å². The van der Waals surface area contributed by atoms with E-state index >= 15 is 0 Å². The third-order valence-electron chi connectivity index (χ3n) is 1.99. The SMILES string of the molecule is Cc1cc(Nc2cc(NC(C)C)ncn2)no1. The van der Waals surface area contributed by atoms with Gasteiger partial charge in [0.15, 0.2) is 5.82 Å². The second kappa shape index (κ2) is 4.82. The van der Waals surface area contributed by atoms with Crippen LogP contribution in [-0.4, -0.2) is 21.2 Å². The summed E-state index contributed by atoms with van der Waals surface area (Å²) in [5.74, 6) is 2.84. The second-order valence-corrected chi connectivity index (χ2v) is 4.04. The summed E-state index contributed by atoms with van der Waals surface area (Å²) < 4.78 is 4.96. The van der Waals surface area contributed by atoms with Crippen molar-refractivity contribution in [3.63, 3.8) is 0 Å². The molecule has 2 heterocycles. The molecule has 90 valence electrons. The van der Waals surface area contributed by atoms with Gasteiger partial charge in [-0.2, -0.15) is 0 Å². The molecule has 0 saturated heterocycles. The Hall–Kier alpha value is -2.11. The van der Waals surface area contributed by atoms with Crippen LogP contribution >= 0.6 is 0 Å². The molecule has 0 radical (unpaired) electrons. The molecular weight excluding hydrogens is 218 g/mol. The van der Waals surface area contributed by atoms with E-state index in [1.54, 1.807) is 6.07 Å². The Morgan fingerprint density at radius 3 is 2.53 bits per heavy atom. The maximum absolute atomic E-state index is 4.96. The van der Waals surface area contributed by atoms with Crippen molar-refractivity contribution in [2.75, 3.05) is 10.6 Å². The fourth-order valence-corrected chi connectivity index (χ4v) is 1.36. The molecule has 2 aromatic heterocycles. The van der Waals surface area contributed by atoms with E-state index in [9.17, 15) is 0 Å². The number of nitrogens with one attached hydrogen (secondary N) is 2. The Morgan fingerprint density at radius 2 is 1.88 bits per heavy atom. The highest BCUT2D eigenvalue weighted by Crippen LogP contribution is 2.16. The molecular formula is C11H15N5O. The number of aryl methyl sites for hydroxylation is 1. The Kier molecular flexibility index (Phi) is 3.22. The Bertz CT molecular complexity index is 494. The van der Waals surface area contributed by atoms with Gasteiger partial charge in [-0.15, -0.1) is 0 Å². The van der Waals surface area contributed by atoms with E-state index in [2.05, 4.69) is 39.6 Å². The lowest BCUT2D eigenvalue weighted by Gasteiger charge is -2.09. The predicted octanol–water partition coefficient (Wildman–Crippen LogP) is 2.34. The molecule has 0 spiro atoms. The van der Waals surface area contributed by atoms with Gasteiger partial charge in [0.25, 0.3) is 0 Å². The standard InChI is InChI=1S/C11H15N5O/c1-7(2)14-9-5-10(13-6-12-9)15-11-4-8(3)17-16-11/h4-7H,1-3H3,(H2,12,13,14,15,16). The molecule has 2 aromatic rings. The molecule has 0 atom stereocenters. The number of hydrogen-bond donors (Lipinski definition) is 2. The zero-order valence-corrected chi connectivity index (χ0v) is 10.1. The molecule has 0 saturated carbocycles. The third-order valence-corrected chi connectivity index (χ3v) is 1.99. The van der Waals surface area contributed by atoms with Crippen LogP contribution in [0.2, 0.25) is 0 Å². The van der Waals surface area contributed by atoms with E-state index in [0.29, 0.717) is 17.7 Å². The summed E-state index contributed by atoms with van der Waals surface area (Å²) in [7, 11) is 0. The van der Waals surface area contributed by atoms with Crippen LogP contribution in [0.25, 0.3) is 0 Å². The first kappa shape index (κ1) is 11.4. The quantitative estimate of drug-likeness (QED) is 0.844. The van der Waals surface area contributed by atoms with Crippen LogP contribution in [0.4, 0.5) is 17.5 Å². The molecule has 2 rings (SSSR count). The number of rotatable bonds is 4. The third kappa shape index (κ3) is 3.17. The number of hydrogen-bond acceptors (Lipinski definition) is 6. The minimum Gasteiger partial charge on any atom is -0.368 e. The lowest BCUT2D eigenvalue weighted by Crippen LogP contribution is -2.11. The van der Waals surface area contributed by atoms with Crippen molar-refractivity contribution in [2.24, 2.45) is 0 Å². The molecule has 17 heavy (non-hydrogen) atoms. The molecule has 0 bridgehead atoms. The lowest BCUT2D eigenvalue weighted by atomic mass is 10.4. The Balaban J connectivity index is 2.10. The first-order valence-corrected chi connectivity index (χ1v) is 5.42. The predicted molar refractivity (Wildman–Crippen MR) is 65.3 cm³/mol. The number of nitrogens with zero attached hydrogens (tertiary/aromatic N) is 3. The maximum atomic E-state index is 4.96. The van der Waals surface area contributed by atoms with E-state index in [-0.39, 0.29) is 0 Å². The van der Waals surface area contributed by atoms with Crippen LogP contribution in [0.5, 0.6) is 0 Å². The summed E-state index contributed by atoms with van der Waals surface area (Å²) >= 11 is 0. The van der Waals surface area contributed by atoms with Crippen LogP contribution in [0, 0.1) is 6.92 Å². The first-order valence-electron chi connectivity index (χ1n) is 5.42. The van der Waals surface area contributed by atoms with E-state index in [1.165, 1.54) is 6.33 Å². The normalized spacial score (nSPS) is 10.6. The Morgan fingerprint density at radius 1 is 1.12 bits per heavy atom. The van der Waals surface area contributed by atoms with Gasteiger partial charge >= 0.3 is 0 Å². The summed E-state index contributed by atoms with van der Waals surface area (Å²) in [6.45, 7) is 5.94. The van der Waals surface area contributed by atoms with E-state index in [4.69, 9.17) is 4.52 Å².